The summed E-state index contributed by atoms with van der Waals surface area (Å²) in [4.78, 5) is 12.2. The largest absolute Gasteiger partial charge is 0.479 e. The second-order valence-electron chi connectivity index (χ2n) is 5.33. The lowest BCUT2D eigenvalue weighted by Crippen LogP contribution is -2.37. The molecule has 0 fully saturated rings. The summed E-state index contributed by atoms with van der Waals surface area (Å²) in [6.45, 7) is 5.61. The van der Waals surface area contributed by atoms with E-state index in [1.165, 1.54) is 0 Å². The summed E-state index contributed by atoms with van der Waals surface area (Å²) >= 11 is 6.09. The molecule has 0 bridgehead atoms. The van der Waals surface area contributed by atoms with Crippen molar-refractivity contribution in [2.75, 3.05) is 0 Å². The van der Waals surface area contributed by atoms with Crippen molar-refractivity contribution in [3.05, 3.63) is 64.7 Å². The minimum Gasteiger partial charge on any atom is -0.479 e. The van der Waals surface area contributed by atoms with Gasteiger partial charge >= 0.3 is 0 Å². The Hall–Kier alpha value is -2.00. The standard InChI is InChI=1S/C18H20ClNO2/c1-12-9-10-16(19)17(11-12)22-14(3)18(21)20-13(2)15-7-5-4-6-8-15/h4-11,13-14H,1-3H3,(H,20,21). The summed E-state index contributed by atoms with van der Waals surface area (Å²) in [6.07, 6.45) is -0.620. The van der Waals surface area contributed by atoms with Crippen molar-refractivity contribution >= 4 is 17.5 Å². The Kier molecular flexibility index (Phi) is 5.45. The van der Waals surface area contributed by atoms with Crippen molar-refractivity contribution < 1.29 is 9.53 Å². The normalized spacial score (nSPS) is 13.3. The number of hydrogen-bond donors (Lipinski definition) is 1. The molecule has 0 saturated carbocycles. The number of hydrogen-bond acceptors (Lipinski definition) is 2. The van der Waals surface area contributed by atoms with Gasteiger partial charge in [-0.15, -0.1) is 0 Å². The van der Waals surface area contributed by atoms with E-state index in [9.17, 15) is 4.79 Å². The average Bonchev–Trinajstić information content (AvgIpc) is 2.51. The topological polar surface area (TPSA) is 38.3 Å². The highest BCUT2D eigenvalue weighted by molar-refractivity contribution is 6.32. The molecule has 0 saturated heterocycles. The van der Waals surface area contributed by atoms with E-state index in [0.29, 0.717) is 10.8 Å². The maximum absolute atomic E-state index is 12.2. The Morgan fingerprint density at radius 2 is 1.82 bits per heavy atom. The van der Waals surface area contributed by atoms with Gasteiger partial charge in [0.2, 0.25) is 0 Å². The Morgan fingerprint density at radius 3 is 2.50 bits per heavy atom. The number of aryl methyl sites for hydroxylation is 1. The third-order valence-corrected chi connectivity index (χ3v) is 3.73. The summed E-state index contributed by atoms with van der Waals surface area (Å²) in [5.74, 6) is 0.352. The minimum absolute atomic E-state index is 0.0762. The lowest BCUT2D eigenvalue weighted by atomic mass is 10.1. The molecule has 0 spiro atoms. The number of benzene rings is 2. The summed E-state index contributed by atoms with van der Waals surface area (Å²) in [5.41, 5.74) is 2.08. The predicted octanol–water partition coefficient (Wildman–Crippen LogP) is 4.29. The summed E-state index contributed by atoms with van der Waals surface area (Å²) < 4.78 is 5.68. The zero-order chi connectivity index (χ0) is 16.1. The molecule has 1 amide bonds. The zero-order valence-corrected chi connectivity index (χ0v) is 13.7. The molecule has 1 N–H and O–H groups in total. The van der Waals surface area contributed by atoms with Crippen LogP contribution in [-0.4, -0.2) is 12.0 Å². The first-order valence-electron chi connectivity index (χ1n) is 7.25. The molecule has 0 aliphatic carbocycles. The summed E-state index contributed by atoms with van der Waals surface area (Å²) in [7, 11) is 0. The molecule has 0 heterocycles. The highest BCUT2D eigenvalue weighted by atomic mass is 35.5. The number of amides is 1. The second-order valence-corrected chi connectivity index (χ2v) is 5.74. The highest BCUT2D eigenvalue weighted by Gasteiger charge is 2.18. The molecule has 2 atom stereocenters. The fourth-order valence-electron chi connectivity index (χ4n) is 2.10. The van der Waals surface area contributed by atoms with Crippen LogP contribution in [0.4, 0.5) is 0 Å². The van der Waals surface area contributed by atoms with Crippen LogP contribution in [-0.2, 0) is 4.79 Å². The first-order valence-corrected chi connectivity index (χ1v) is 7.63. The van der Waals surface area contributed by atoms with E-state index in [4.69, 9.17) is 16.3 Å². The molecule has 0 aliphatic heterocycles. The molecular formula is C18H20ClNO2. The van der Waals surface area contributed by atoms with Gasteiger partial charge < -0.3 is 10.1 Å². The van der Waals surface area contributed by atoms with Crippen molar-refractivity contribution in [3.8, 4) is 5.75 Å². The highest BCUT2D eigenvalue weighted by Crippen LogP contribution is 2.26. The van der Waals surface area contributed by atoms with Crippen LogP contribution in [0.3, 0.4) is 0 Å². The van der Waals surface area contributed by atoms with Gasteiger partial charge in [-0.1, -0.05) is 48.0 Å². The van der Waals surface area contributed by atoms with Crippen LogP contribution < -0.4 is 10.1 Å². The Bertz CT molecular complexity index is 643. The van der Waals surface area contributed by atoms with Gasteiger partial charge in [0.25, 0.3) is 5.91 Å². The predicted molar refractivity (Wildman–Crippen MR) is 89.3 cm³/mol. The van der Waals surface area contributed by atoms with Gasteiger partial charge in [-0.25, -0.2) is 0 Å². The Morgan fingerprint density at radius 1 is 1.14 bits per heavy atom. The van der Waals surface area contributed by atoms with Crippen molar-refractivity contribution in [3.63, 3.8) is 0 Å². The van der Waals surface area contributed by atoms with E-state index in [2.05, 4.69) is 5.32 Å². The first-order chi connectivity index (χ1) is 10.5. The number of nitrogens with one attached hydrogen (secondary N) is 1. The summed E-state index contributed by atoms with van der Waals surface area (Å²) in [5, 5.41) is 3.44. The van der Waals surface area contributed by atoms with E-state index < -0.39 is 6.10 Å². The molecule has 0 aliphatic rings. The van der Waals surface area contributed by atoms with Crippen LogP contribution in [0.2, 0.25) is 5.02 Å². The van der Waals surface area contributed by atoms with Gasteiger partial charge in [0.05, 0.1) is 11.1 Å². The van der Waals surface area contributed by atoms with Crippen LogP contribution in [0.1, 0.15) is 31.0 Å². The van der Waals surface area contributed by atoms with Crippen LogP contribution in [0.15, 0.2) is 48.5 Å². The number of carbonyl (C=O) groups is 1. The monoisotopic (exact) mass is 317 g/mol. The van der Waals surface area contributed by atoms with Crippen molar-refractivity contribution in [2.45, 2.75) is 32.9 Å². The van der Waals surface area contributed by atoms with Gasteiger partial charge in [-0.2, -0.15) is 0 Å². The number of ether oxygens (including phenoxy) is 1. The van der Waals surface area contributed by atoms with Crippen molar-refractivity contribution in [1.82, 2.24) is 5.32 Å². The number of carbonyl (C=O) groups excluding carboxylic acids is 1. The minimum atomic E-state index is -0.620. The molecule has 22 heavy (non-hydrogen) atoms. The lowest BCUT2D eigenvalue weighted by Gasteiger charge is -2.19. The molecule has 0 aromatic heterocycles. The van der Waals surface area contributed by atoms with Crippen LogP contribution in [0.25, 0.3) is 0 Å². The van der Waals surface area contributed by atoms with Gasteiger partial charge in [-0.05, 0) is 44.0 Å². The van der Waals surface area contributed by atoms with Gasteiger partial charge in [0.15, 0.2) is 6.10 Å². The average molecular weight is 318 g/mol. The molecular weight excluding hydrogens is 298 g/mol. The molecule has 2 rings (SSSR count). The third kappa shape index (κ3) is 4.25. The maximum atomic E-state index is 12.2. The molecule has 4 heteroatoms. The van der Waals surface area contributed by atoms with Crippen LogP contribution in [0.5, 0.6) is 5.75 Å². The smallest absolute Gasteiger partial charge is 0.261 e. The lowest BCUT2D eigenvalue weighted by molar-refractivity contribution is -0.127. The van der Waals surface area contributed by atoms with Crippen LogP contribution in [0, 0.1) is 6.92 Å². The molecule has 2 unspecified atom stereocenters. The maximum Gasteiger partial charge on any atom is 0.261 e. The fourth-order valence-corrected chi connectivity index (χ4v) is 2.26. The zero-order valence-electron chi connectivity index (χ0n) is 13.0. The molecule has 2 aromatic rings. The number of rotatable bonds is 5. The Labute approximate surface area is 136 Å². The summed E-state index contributed by atoms with van der Waals surface area (Å²) in [6, 6.07) is 15.2. The molecule has 3 nitrogen and oxygen atoms in total. The van der Waals surface area contributed by atoms with Gasteiger partial charge in [0, 0.05) is 0 Å². The molecule has 2 aromatic carbocycles. The van der Waals surface area contributed by atoms with E-state index >= 15 is 0 Å². The number of halogens is 1. The van der Waals surface area contributed by atoms with E-state index in [0.717, 1.165) is 11.1 Å². The first kappa shape index (κ1) is 16.4. The van der Waals surface area contributed by atoms with Gasteiger partial charge in [-0.3, -0.25) is 4.79 Å². The SMILES string of the molecule is Cc1ccc(Cl)c(OC(C)C(=O)NC(C)c2ccccc2)c1. The molecule has 116 valence electrons. The van der Waals surface area contributed by atoms with Crippen molar-refractivity contribution in [2.24, 2.45) is 0 Å². The Balaban J connectivity index is 1.99. The van der Waals surface area contributed by atoms with E-state index in [1.807, 2.05) is 56.3 Å². The molecule has 0 radical (unpaired) electrons. The van der Waals surface area contributed by atoms with Crippen LogP contribution >= 0.6 is 11.6 Å². The van der Waals surface area contributed by atoms with Gasteiger partial charge in [0.1, 0.15) is 5.75 Å². The van der Waals surface area contributed by atoms with E-state index in [-0.39, 0.29) is 11.9 Å². The third-order valence-electron chi connectivity index (χ3n) is 3.42. The second kappa shape index (κ2) is 7.32. The van der Waals surface area contributed by atoms with Crippen molar-refractivity contribution in [1.29, 1.82) is 0 Å². The van der Waals surface area contributed by atoms with E-state index in [1.54, 1.807) is 13.0 Å². The quantitative estimate of drug-likeness (QED) is 0.893. The fraction of sp³-hybridized carbons (Fsp3) is 0.278.